The Hall–Kier alpha value is -3.97. The van der Waals surface area contributed by atoms with Gasteiger partial charge in [-0.1, -0.05) is 36.4 Å². The molecule has 5 aromatic rings. The minimum absolute atomic E-state index is 0.136. The van der Waals surface area contributed by atoms with Crippen LogP contribution in [0.1, 0.15) is 11.1 Å². The highest BCUT2D eigenvalue weighted by Crippen LogP contribution is 2.37. The highest BCUT2D eigenvalue weighted by molar-refractivity contribution is 5.98. The predicted molar refractivity (Wildman–Crippen MR) is 117 cm³/mol. The summed E-state index contributed by atoms with van der Waals surface area (Å²) in [6.07, 6.45) is 7.27. The van der Waals surface area contributed by atoms with Gasteiger partial charge in [0, 0.05) is 36.3 Å². The standard InChI is InChI=1S/C24H20FN5O/c25-20-10-17(11-26)6-7-21(20)31-22-8-9-27-24-23(22)19(13-28-24)18-12-29-30(15-18)14-16-4-2-1-3-5-16/h1-10,12-13,15H,11,14,26H2,(H,27,28). The molecule has 2 aromatic carbocycles. The number of hydrogen-bond acceptors (Lipinski definition) is 4. The van der Waals surface area contributed by atoms with Crippen molar-refractivity contribution in [1.82, 2.24) is 19.7 Å². The summed E-state index contributed by atoms with van der Waals surface area (Å²) in [5, 5.41) is 5.26. The third kappa shape index (κ3) is 3.78. The van der Waals surface area contributed by atoms with Crippen LogP contribution in [-0.2, 0) is 13.1 Å². The van der Waals surface area contributed by atoms with Gasteiger partial charge >= 0.3 is 0 Å². The van der Waals surface area contributed by atoms with Crippen LogP contribution in [0.4, 0.5) is 4.39 Å². The van der Waals surface area contributed by atoms with E-state index in [2.05, 4.69) is 27.2 Å². The van der Waals surface area contributed by atoms with E-state index >= 15 is 0 Å². The van der Waals surface area contributed by atoms with E-state index < -0.39 is 5.82 Å². The van der Waals surface area contributed by atoms with Crippen LogP contribution in [0.2, 0.25) is 0 Å². The van der Waals surface area contributed by atoms with Gasteiger partial charge in [-0.2, -0.15) is 5.10 Å². The Labute approximate surface area is 178 Å². The summed E-state index contributed by atoms with van der Waals surface area (Å²) in [7, 11) is 0. The number of pyridine rings is 1. The number of nitrogens with two attached hydrogens (primary N) is 1. The third-order valence-electron chi connectivity index (χ3n) is 5.12. The zero-order valence-electron chi connectivity index (χ0n) is 16.6. The fraction of sp³-hybridized carbons (Fsp3) is 0.0833. The van der Waals surface area contributed by atoms with Gasteiger partial charge in [0.15, 0.2) is 11.6 Å². The van der Waals surface area contributed by atoms with Gasteiger partial charge in [0.2, 0.25) is 0 Å². The first-order chi connectivity index (χ1) is 15.2. The Morgan fingerprint density at radius 1 is 1.03 bits per heavy atom. The van der Waals surface area contributed by atoms with E-state index in [0.29, 0.717) is 23.5 Å². The molecule has 3 aromatic heterocycles. The number of aromatic amines is 1. The molecule has 0 saturated carbocycles. The van der Waals surface area contributed by atoms with Crippen molar-refractivity contribution in [3.8, 4) is 22.6 Å². The molecular weight excluding hydrogens is 393 g/mol. The van der Waals surface area contributed by atoms with Crippen LogP contribution in [0, 0.1) is 5.82 Å². The maximum absolute atomic E-state index is 14.5. The van der Waals surface area contributed by atoms with Crippen molar-refractivity contribution in [3.05, 3.63) is 96.3 Å². The van der Waals surface area contributed by atoms with Crippen molar-refractivity contribution in [2.24, 2.45) is 5.73 Å². The van der Waals surface area contributed by atoms with E-state index in [9.17, 15) is 4.39 Å². The molecule has 31 heavy (non-hydrogen) atoms. The minimum Gasteiger partial charge on any atom is -0.453 e. The molecule has 0 saturated heterocycles. The summed E-state index contributed by atoms with van der Waals surface area (Å²) in [5.41, 5.74) is 9.92. The maximum Gasteiger partial charge on any atom is 0.166 e. The summed E-state index contributed by atoms with van der Waals surface area (Å²) in [4.78, 5) is 7.55. The molecule has 0 atom stereocenters. The number of fused-ring (bicyclic) bond motifs is 1. The number of aromatic nitrogens is 4. The molecule has 0 aliphatic carbocycles. The molecule has 0 fully saturated rings. The van der Waals surface area contributed by atoms with Gasteiger partial charge in [0.25, 0.3) is 0 Å². The average molecular weight is 413 g/mol. The predicted octanol–water partition coefficient (Wildman–Crippen LogP) is 4.86. The van der Waals surface area contributed by atoms with E-state index in [1.165, 1.54) is 6.07 Å². The lowest BCUT2D eigenvalue weighted by atomic mass is 10.1. The molecule has 0 spiro atoms. The van der Waals surface area contributed by atoms with Gasteiger partial charge in [0.05, 0.1) is 18.1 Å². The molecule has 0 unspecified atom stereocenters. The summed E-state index contributed by atoms with van der Waals surface area (Å²) in [5.74, 6) is 0.189. The van der Waals surface area contributed by atoms with Crippen LogP contribution in [0.25, 0.3) is 22.2 Å². The topological polar surface area (TPSA) is 81.8 Å². The van der Waals surface area contributed by atoms with E-state index in [0.717, 1.165) is 22.1 Å². The molecule has 6 nitrogen and oxygen atoms in total. The Kier molecular flexibility index (Phi) is 4.93. The lowest BCUT2D eigenvalue weighted by Gasteiger charge is -2.10. The van der Waals surface area contributed by atoms with Gasteiger partial charge in [0.1, 0.15) is 11.4 Å². The van der Waals surface area contributed by atoms with Gasteiger partial charge < -0.3 is 15.5 Å². The number of H-pyrrole nitrogens is 1. The normalized spacial score (nSPS) is 11.2. The first kappa shape index (κ1) is 19.0. The van der Waals surface area contributed by atoms with Crippen LogP contribution in [0.5, 0.6) is 11.5 Å². The number of benzene rings is 2. The van der Waals surface area contributed by atoms with E-state index in [4.69, 9.17) is 10.5 Å². The van der Waals surface area contributed by atoms with Crippen molar-refractivity contribution >= 4 is 11.0 Å². The van der Waals surface area contributed by atoms with Crippen LogP contribution in [0.3, 0.4) is 0 Å². The molecule has 3 heterocycles. The summed E-state index contributed by atoms with van der Waals surface area (Å²) >= 11 is 0. The molecule has 5 rings (SSSR count). The lowest BCUT2D eigenvalue weighted by molar-refractivity contribution is 0.445. The molecule has 0 aliphatic heterocycles. The Bertz CT molecular complexity index is 1340. The smallest absolute Gasteiger partial charge is 0.166 e. The van der Waals surface area contributed by atoms with Gasteiger partial charge in [-0.25, -0.2) is 9.37 Å². The molecule has 0 radical (unpaired) electrons. The van der Waals surface area contributed by atoms with Gasteiger partial charge in [-0.15, -0.1) is 0 Å². The quantitative estimate of drug-likeness (QED) is 0.416. The SMILES string of the molecule is NCc1ccc(Oc2ccnc3[nH]cc(-c4cnn(Cc5ccccc5)c4)c23)c(F)c1. The largest absolute Gasteiger partial charge is 0.453 e. The van der Waals surface area contributed by atoms with E-state index in [1.54, 1.807) is 30.6 Å². The number of nitrogens with zero attached hydrogens (tertiary/aromatic N) is 3. The number of nitrogens with one attached hydrogen (secondary N) is 1. The van der Waals surface area contributed by atoms with Crippen molar-refractivity contribution < 1.29 is 9.13 Å². The van der Waals surface area contributed by atoms with Crippen molar-refractivity contribution in [2.75, 3.05) is 0 Å². The summed E-state index contributed by atoms with van der Waals surface area (Å²) in [6.45, 7) is 0.940. The van der Waals surface area contributed by atoms with Crippen molar-refractivity contribution in [1.29, 1.82) is 0 Å². The second-order valence-electron chi connectivity index (χ2n) is 7.22. The fourth-order valence-electron chi connectivity index (χ4n) is 3.57. The molecule has 3 N–H and O–H groups in total. The monoisotopic (exact) mass is 413 g/mol. The number of halogens is 1. The second-order valence-corrected chi connectivity index (χ2v) is 7.22. The van der Waals surface area contributed by atoms with Gasteiger partial charge in [-0.05, 0) is 29.3 Å². The number of ether oxygens (including phenoxy) is 1. The van der Waals surface area contributed by atoms with Crippen molar-refractivity contribution in [2.45, 2.75) is 13.1 Å². The number of hydrogen-bond donors (Lipinski definition) is 2. The van der Waals surface area contributed by atoms with Crippen LogP contribution < -0.4 is 10.5 Å². The Morgan fingerprint density at radius 2 is 1.90 bits per heavy atom. The number of rotatable bonds is 6. The highest BCUT2D eigenvalue weighted by atomic mass is 19.1. The Morgan fingerprint density at radius 3 is 2.71 bits per heavy atom. The summed E-state index contributed by atoms with van der Waals surface area (Å²) < 4.78 is 22.3. The zero-order valence-corrected chi connectivity index (χ0v) is 16.6. The summed E-state index contributed by atoms with van der Waals surface area (Å²) in [6, 6.07) is 16.6. The van der Waals surface area contributed by atoms with E-state index in [1.807, 2.05) is 35.3 Å². The first-order valence-corrected chi connectivity index (χ1v) is 9.90. The third-order valence-corrected chi connectivity index (χ3v) is 5.12. The lowest BCUT2D eigenvalue weighted by Crippen LogP contribution is -1.99. The molecule has 0 amide bonds. The fourth-order valence-corrected chi connectivity index (χ4v) is 3.57. The zero-order chi connectivity index (χ0) is 21.2. The maximum atomic E-state index is 14.5. The molecule has 0 bridgehead atoms. The highest BCUT2D eigenvalue weighted by Gasteiger charge is 2.16. The van der Waals surface area contributed by atoms with E-state index in [-0.39, 0.29) is 12.3 Å². The van der Waals surface area contributed by atoms with Gasteiger partial charge in [-0.3, -0.25) is 4.68 Å². The molecule has 7 heteroatoms. The average Bonchev–Trinajstić information content (AvgIpc) is 3.43. The Balaban J connectivity index is 1.50. The van der Waals surface area contributed by atoms with Crippen LogP contribution >= 0.6 is 0 Å². The molecule has 154 valence electrons. The molecule has 0 aliphatic rings. The van der Waals surface area contributed by atoms with Crippen molar-refractivity contribution in [3.63, 3.8) is 0 Å². The molecular formula is C24H20FN5O. The first-order valence-electron chi connectivity index (χ1n) is 9.90. The second kappa shape index (κ2) is 8.04. The van der Waals surface area contributed by atoms with Crippen LogP contribution in [-0.4, -0.2) is 19.7 Å². The van der Waals surface area contributed by atoms with Crippen LogP contribution in [0.15, 0.2) is 79.4 Å². The minimum atomic E-state index is -0.458.